The second-order valence-corrected chi connectivity index (χ2v) is 6.60. The summed E-state index contributed by atoms with van der Waals surface area (Å²) < 4.78 is 39.6. The largest absolute Gasteiger partial charge is 0.465 e. The van der Waals surface area contributed by atoms with Crippen molar-refractivity contribution in [3.05, 3.63) is 89.1 Å². The molecule has 0 radical (unpaired) electrons. The Labute approximate surface area is 173 Å². The van der Waals surface area contributed by atoms with Crippen LogP contribution in [0.15, 0.2) is 72.9 Å². The van der Waals surface area contributed by atoms with E-state index in [9.17, 15) is 4.79 Å². The van der Waals surface area contributed by atoms with Crippen molar-refractivity contribution in [2.75, 3.05) is 7.11 Å². The fourth-order valence-electron chi connectivity index (χ4n) is 3.13. The highest BCUT2D eigenvalue weighted by Gasteiger charge is 2.20. The van der Waals surface area contributed by atoms with Gasteiger partial charge in [-0.15, -0.1) is 0 Å². The first kappa shape index (κ1) is 14.0. The van der Waals surface area contributed by atoms with Gasteiger partial charge in [-0.1, -0.05) is 66.2 Å². The predicted octanol–water partition coefficient (Wildman–Crippen LogP) is 5.75. The molecule has 4 nitrogen and oxygen atoms in total. The molecule has 0 saturated heterocycles. The maximum atomic E-state index is 12.4. The summed E-state index contributed by atoms with van der Waals surface area (Å²) in [5, 5.41) is 4.85. The third-order valence-electron chi connectivity index (χ3n) is 4.56. The summed E-state index contributed by atoms with van der Waals surface area (Å²) in [4.78, 5) is 12.4. The third kappa shape index (κ3) is 3.16. The van der Waals surface area contributed by atoms with Gasteiger partial charge in [-0.25, -0.2) is 4.79 Å². The van der Waals surface area contributed by atoms with Crippen LogP contribution < -0.4 is 0 Å². The number of fused-ring (bicyclic) bond motifs is 1. The smallest absolute Gasteiger partial charge is 0.340 e. The summed E-state index contributed by atoms with van der Waals surface area (Å²) in [6.45, 7) is -2.82. The Morgan fingerprint density at radius 1 is 1.11 bits per heavy atom. The first-order valence-electron chi connectivity index (χ1n) is 10.6. The van der Waals surface area contributed by atoms with Gasteiger partial charge in [0.15, 0.2) is 0 Å². The lowest BCUT2D eigenvalue weighted by Crippen LogP contribution is -2.12. The van der Waals surface area contributed by atoms with Gasteiger partial charge in [0.1, 0.15) is 0 Å². The van der Waals surface area contributed by atoms with Gasteiger partial charge in [0.25, 0.3) is 0 Å². The number of methoxy groups -OCH3 is 1. The van der Waals surface area contributed by atoms with Crippen LogP contribution in [0.5, 0.6) is 0 Å². The monoisotopic (exact) mass is 394 g/mol. The molecule has 3 aromatic carbocycles. The van der Waals surface area contributed by atoms with Crippen molar-refractivity contribution in [3.63, 3.8) is 0 Å². The van der Waals surface area contributed by atoms with E-state index >= 15 is 0 Å². The Bertz CT molecular complexity index is 1290. The zero-order valence-electron chi connectivity index (χ0n) is 19.0. The molecule has 0 amide bonds. The number of carbonyl (C=O) groups excluding carboxylic acids is 1. The van der Waals surface area contributed by atoms with E-state index in [1.54, 1.807) is 24.3 Å². The number of halogens is 1. The molecule has 28 heavy (non-hydrogen) atoms. The Morgan fingerprint density at radius 3 is 2.50 bits per heavy atom. The zero-order chi connectivity index (χ0) is 23.1. The van der Waals surface area contributed by atoms with Gasteiger partial charge in [0.2, 0.25) is 0 Å². The van der Waals surface area contributed by atoms with Gasteiger partial charge in [0.05, 0.1) is 36.8 Å². The van der Waals surface area contributed by atoms with E-state index in [1.165, 1.54) is 25.4 Å². The second kappa shape index (κ2) is 7.49. The highest BCUT2D eigenvalue weighted by molar-refractivity contribution is 6.35. The molecule has 140 valence electrons. The maximum absolute atomic E-state index is 12.4. The van der Waals surface area contributed by atoms with Gasteiger partial charge in [0, 0.05) is 9.50 Å². The van der Waals surface area contributed by atoms with Crippen LogP contribution in [0.4, 0.5) is 0 Å². The lowest BCUT2D eigenvalue weighted by atomic mass is 10.0. The fraction of sp³-hybridized carbons (Fsp3) is 0.130. The van der Waals surface area contributed by atoms with E-state index in [4.69, 9.17) is 21.8 Å². The van der Waals surface area contributed by atoms with Gasteiger partial charge in [-0.05, 0) is 35.7 Å². The Balaban J connectivity index is 1.95. The van der Waals surface area contributed by atoms with E-state index in [0.717, 1.165) is 15.8 Å². The third-order valence-corrected chi connectivity index (χ3v) is 4.89. The molecule has 0 N–H and O–H groups in total. The number of ether oxygens (including phenoxy) is 1. The van der Waals surface area contributed by atoms with Crippen molar-refractivity contribution in [3.8, 4) is 11.1 Å². The van der Waals surface area contributed by atoms with Crippen molar-refractivity contribution in [1.82, 2.24) is 9.78 Å². The fourth-order valence-corrected chi connectivity index (χ4v) is 3.33. The van der Waals surface area contributed by atoms with E-state index in [-0.39, 0.29) is 21.7 Å². The lowest BCUT2D eigenvalue weighted by molar-refractivity contribution is 0.0602. The average Bonchev–Trinajstić information content (AvgIpc) is 3.25. The van der Waals surface area contributed by atoms with Gasteiger partial charge >= 0.3 is 5.97 Å². The molecule has 0 aliphatic carbocycles. The highest BCUT2D eigenvalue weighted by Crippen LogP contribution is 2.31. The van der Waals surface area contributed by atoms with E-state index in [2.05, 4.69) is 5.10 Å². The number of benzene rings is 3. The normalized spacial score (nSPS) is 15.8. The zero-order valence-corrected chi connectivity index (χ0v) is 15.8. The number of nitrogens with zero attached hydrogens (tertiary/aromatic N) is 2. The molecule has 1 heterocycles. The molecule has 0 aliphatic rings. The molecule has 1 aromatic heterocycles. The van der Waals surface area contributed by atoms with E-state index in [1.807, 2.05) is 30.3 Å². The topological polar surface area (TPSA) is 44.1 Å². The van der Waals surface area contributed by atoms with Crippen molar-refractivity contribution in [2.45, 2.75) is 12.9 Å². The van der Waals surface area contributed by atoms with Gasteiger partial charge in [-0.3, -0.25) is 4.68 Å². The Morgan fingerprint density at radius 2 is 1.82 bits per heavy atom. The SMILES string of the molecule is [2H]C([2H])([2H])C([2H])(c1ccc(-c2ccccc2)cc1)n1ncc2c(Cl)ccc(C(=O)OC)c21. The summed E-state index contributed by atoms with van der Waals surface area (Å²) >= 11 is 6.28. The minimum atomic E-state index is -2.82. The summed E-state index contributed by atoms with van der Waals surface area (Å²) in [5.41, 5.74) is 2.24. The first-order valence-corrected chi connectivity index (χ1v) is 8.97. The summed E-state index contributed by atoms with van der Waals surface area (Å²) in [6, 6.07) is 17.0. The number of esters is 1. The molecule has 0 bridgehead atoms. The Hall–Kier alpha value is -3.11. The van der Waals surface area contributed by atoms with Crippen molar-refractivity contribution < 1.29 is 15.0 Å². The molecule has 4 aromatic rings. The molecule has 0 saturated carbocycles. The summed E-state index contributed by atoms with van der Waals surface area (Å²) in [6.07, 6.45) is 1.36. The van der Waals surface area contributed by atoms with E-state index < -0.39 is 18.8 Å². The van der Waals surface area contributed by atoms with Crippen LogP contribution in [0.3, 0.4) is 0 Å². The maximum Gasteiger partial charge on any atom is 0.340 e. The van der Waals surface area contributed by atoms with Crippen LogP contribution >= 0.6 is 11.6 Å². The standard InChI is InChI=1S/C23H19ClN2O2/c1-15(16-8-10-18(11-9-16)17-6-4-3-5-7-17)26-22-19(23(27)28-2)12-13-21(24)20(22)14-25-26/h3-15H,1-2H3/i1D3,15D. The van der Waals surface area contributed by atoms with Crippen LogP contribution in [0.2, 0.25) is 5.02 Å². The minimum Gasteiger partial charge on any atom is -0.465 e. The molecular formula is C23H19ClN2O2. The molecule has 1 unspecified atom stereocenters. The first-order chi connectivity index (χ1) is 15.2. The van der Waals surface area contributed by atoms with Crippen molar-refractivity contribution >= 4 is 28.5 Å². The molecule has 0 spiro atoms. The number of rotatable bonds is 4. The lowest BCUT2D eigenvalue weighted by Gasteiger charge is -2.16. The molecular weight excluding hydrogens is 372 g/mol. The summed E-state index contributed by atoms with van der Waals surface area (Å²) in [5.74, 6) is -0.680. The highest BCUT2D eigenvalue weighted by atomic mass is 35.5. The van der Waals surface area contributed by atoms with Crippen molar-refractivity contribution in [1.29, 1.82) is 0 Å². The molecule has 0 fully saturated rings. The number of carbonyl (C=O) groups is 1. The van der Waals surface area contributed by atoms with Crippen LogP contribution in [0.25, 0.3) is 22.0 Å². The predicted molar refractivity (Wildman–Crippen MR) is 112 cm³/mol. The molecule has 1 atom stereocenters. The van der Waals surface area contributed by atoms with Crippen LogP contribution in [0, 0.1) is 0 Å². The Kier molecular flexibility index (Phi) is 3.73. The molecule has 5 heteroatoms. The van der Waals surface area contributed by atoms with Crippen LogP contribution in [-0.2, 0) is 4.74 Å². The van der Waals surface area contributed by atoms with E-state index in [0.29, 0.717) is 5.39 Å². The van der Waals surface area contributed by atoms with Crippen LogP contribution in [0.1, 0.15) is 34.3 Å². The van der Waals surface area contributed by atoms with Gasteiger partial charge < -0.3 is 4.74 Å². The molecule has 4 rings (SSSR count). The quantitative estimate of drug-likeness (QED) is 0.414. The van der Waals surface area contributed by atoms with Gasteiger partial charge in [-0.2, -0.15) is 5.10 Å². The average molecular weight is 395 g/mol. The number of aromatic nitrogens is 2. The number of hydrogen-bond donors (Lipinski definition) is 0. The van der Waals surface area contributed by atoms with Crippen molar-refractivity contribution in [2.24, 2.45) is 0 Å². The number of hydrogen-bond acceptors (Lipinski definition) is 3. The minimum absolute atomic E-state index is 0.0752. The second-order valence-electron chi connectivity index (χ2n) is 6.20. The summed E-state index contributed by atoms with van der Waals surface area (Å²) in [7, 11) is 1.23. The van der Waals surface area contributed by atoms with Crippen LogP contribution in [-0.4, -0.2) is 22.9 Å². The molecule has 0 aliphatic heterocycles.